The van der Waals surface area contributed by atoms with Crippen molar-refractivity contribution in [2.24, 2.45) is 0 Å². The highest BCUT2D eigenvalue weighted by atomic mass is 35.5. The van der Waals surface area contributed by atoms with Crippen LogP contribution in [-0.4, -0.2) is 17.3 Å². The summed E-state index contributed by atoms with van der Waals surface area (Å²) in [6, 6.07) is 7.90. The summed E-state index contributed by atoms with van der Waals surface area (Å²) in [6.07, 6.45) is -3.53. The Morgan fingerprint density at radius 2 is 1.95 bits per heavy atom. The number of hydrogen-bond donors (Lipinski definition) is 1. The van der Waals surface area contributed by atoms with Crippen molar-refractivity contribution in [2.45, 2.75) is 6.36 Å². The first kappa shape index (κ1) is 15.1. The molecule has 0 fully saturated rings. The van der Waals surface area contributed by atoms with E-state index >= 15 is 0 Å². The van der Waals surface area contributed by atoms with Crippen LogP contribution in [0, 0.1) is 0 Å². The third-order valence-corrected chi connectivity index (χ3v) is 2.56. The van der Waals surface area contributed by atoms with Crippen molar-refractivity contribution in [1.82, 2.24) is 4.98 Å². The van der Waals surface area contributed by atoms with Gasteiger partial charge < -0.3 is 10.1 Å². The Kier molecular flexibility index (Phi) is 4.32. The fourth-order valence-electron chi connectivity index (χ4n) is 1.52. The molecule has 0 spiro atoms. The van der Waals surface area contributed by atoms with Gasteiger partial charge in [0, 0.05) is 11.8 Å². The Labute approximate surface area is 122 Å². The van der Waals surface area contributed by atoms with Crippen LogP contribution in [0.1, 0.15) is 10.4 Å². The van der Waals surface area contributed by atoms with Gasteiger partial charge in [-0.05, 0) is 24.3 Å². The molecule has 110 valence electrons. The number of pyridine rings is 1. The number of aromatic nitrogens is 1. The van der Waals surface area contributed by atoms with Gasteiger partial charge in [0.05, 0.1) is 5.69 Å². The molecular formula is C13H8ClF3N2O2. The number of nitrogens with one attached hydrogen (secondary N) is 1. The first-order chi connectivity index (χ1) is 9.85. The number of halogens is 4. The van der Waals surface area contributed by atoms with Gasteiger partial charge in [0.1, 0.15) is 5.15 Å². The average molecular weight is 317 g/mol. The Bertz CT molecular complexity index is 662. The molecule has 1 N–H and O–H groups in total. The molecule has 1 heterocycles. The molecule has 1 aromatic carbocycles. The van der Waals surface area contributed by atoms with Crippen LogP contribution in [0.2, 0.25) is 5.15 Å². The number of ether oxygens (including phenoxy) is 1. The Morgan fingerprint density at radius 1 is 1.24 bits per heavy atom. The quantitative estimate of drug-likeness (QED) is 0.874. The Morgan fingerprint density at radius 3 is 2.62 bits per heavy atom. The molecule has 0 aliphatic carbocycles. The third-order valence-electron chi connectivity index (χ3n) is 2.35. The largest absolute Gasteiger partial charge is 0.573 e. The van der Waals surface area contributed by atoms with Crippen LogP contribution >= 0.6 is 11.6 Å². The zero-order chi connectivity index (χ0) is 15.5. The zero-order valence-corrected chi connectivity index (χ0v) is 11.1. The number of anilines is 1. The predicted molar refractivity (Wildman–Crippen MR) is 70.3 cm³/mol. The van der Waals surface area contributed by atoms with Crippen molar-refractivity contribution in [3.8, 4) is 5.75 Å². The minimum absolute atomic E-state index is 0.0995. The average Bonchev–Trinajstić information content (AvgIpc) is 2.39. The molecular weight excluding hydrogens is 309 g/mol. The summed E-state index contributed by atoms with van der Waals surface area (Å²) in [6.45, 7) is 0. The second-order valence-corrected chi connectivity index (χ2v) is 4.25. The summed E-state index contributed by atoms with van der Waals surface area (Å²) in [4.78, 5) is 15.7. The van der Waals surface area contributed by atoms with Gasteiger partial charge in [-0.1, -0.05) is 23.7 Å². The summed E-state index contributed by atoms with van der Waals surface area (Å²) >= 11 is 5.65. The molecule has 0 aliphatic heterocycles. The van der Waals surface area contributed by atoms with E-state index in [1.54, 1.807) is 0 Å². The number of rotatable bonds is 3. The van der Waals surface area contributed by atoms with Crippen molar-refractivity contribution in [1.29, 1.82) is 0 Å². The van der Waals surface area contributed by atoms with Crippen molar-refractivity contribution < 1.29 is 22.7 Å². The van der Waals surface area contributed by atoms with E-state index in [0.29, 0.717) is 0 Å². The van der Waals surface area contributed by atoms with E-state index in [9.17, 15) is 18.0 Å². The number of nitrogens with zero attached hydrogens (tertiary/aromatic N) is 1. The van der Waals surface area contributed by atoms with Crippen LogP contribution in [0.15, 0.2) is 42.6 Å². The van der Waals surface area contributed by atoms with Crippen LogP contribution in [0.25, 0.3) is 0 Å². The standard InChI is InChI=1S/C13H8ClF3N2O2/c14-11-7-8(5-6-18-11)12(20)19-9-3-1-2-4-10(9)21-13(15,16)17/h1-7H,(H,19,20). The lowest BCUT2D eigenvalue weighted by Crippen LogP contribution is -2.19. The van der Waals surface area contributed by atoms with E-state index < -0.39 is 18.0 Å². The highest BCUT2D eigenvalue weighted by molar-refractivity contribution is 6.29. The van der Waals surface area contributed by atoms with Crippen LogP contribution < -0.4 is 10.1 Å². The summed E-state index contributed by atoms with van der Waals surface area (Å²) in [5.41, 5.74) is 0.0598. The molecule has 2 aromatic rings. The zero-order valence-electron chi connectivity index (χ0n) is 10.3. The van der Waals surface area contributed by atoms with Crippen molar-refractivity contribution in [2.75, 3.05) is 5.32 Å². The fraction of sp³-hybridized carbons (Fsp3) is 0.0769. The number of benzene rings is 1. The Balaban J connectivity index is 2.22. The molecule has 0 atom stereocenters. The number of carbonyl (C=O) groups excluding carboxylic acids is 1. The molecule has 1 amide bonds. The van der Waals surface area contributed by atoms with Gasteiger partial charge in [-0.15, -0.1) is 13.2 Å². The SMILES string of the molecule is O=C(Nc1ccccc1OC(F)(F)F)c1ccnc(Cl)c1. The van der Waals surface area contributed by atoms with E-state index in [0.717, 1.165) is 6.07 Å². The lowest BCUT2D eigenvalue weighted by molar-refractivity contribution is -0.274. The molecule has 8 heteroatoms. The maximum absolute atomic E-state index is 12.3. The first-order valence-electron chi connectivity index (χ1n) is 5.63. The van der Waals surface area contributed by atoms with Gasteiger partial charge in [0.15, 0.2) is 5.75 Å². The molecule has 1 aromatic heterocycles. The first-order valence-corrected chi connectivity index (χ1v) is 6.00. The lowest BCUT2D eigenvalue weighted by atomic mass is 10.2. The van der Waals surface area contributed by atoms with Gasteiger partial charge >= 0.3 is 6.36 Å². The predicted octanol–water partition coefficient (Wildman–Crippen LogP) is 3.89. The Hall–Kier alpha value is -2.28. The minimum atomic E-state index is -4.85. The summed E-state index contributed by atoms with van der Waals surface area (Å²) in [5, 5.41) is 2.43. The van der Waals surface area contributed by atoms with Crippen LogP contribution in [-0.2, 0) is 0 Å². The number of hydrogen-bond acceptors (Lipinski definition) is 3. The molecule has 2 rings (SSSR count). The van der Waals surface area contributed by atoms with Gasteiger partial charge in [-0.25, -0.2) is 4.98 Å². The fourth-order valence-corrected chi connectivity index (χ4v) is 1.70. The molecule has 0 saturated carbocycles. The van der Waals surface area contributed by atoms with Gasteiger partial charge in [0.2, 0.25) is 0 Å². The number of alkyl halides is 3. The minimum Gasteiger partial charge on any atom is -0.404 e. The molecule has 0 unspecified atom stereocenters. The van der Waals surface area contributed by atoms with Crippen LogP contribution in [0.3, 0.4) is 0 Å². The maximum atomic E-state index is 12.3. The highest BCUT2D eigenvalue weighted by Crippen LogP contribution is 2.30. The normalized spacial score (nSPS) is 11.0. The van der Waals surface area contributed by atoms with Crippen LogP contribution in [0.5, 0.6) is 5.75 Å². The van der Waals surface area contributed by atoms with E-state index in [4.69, 9.17) is 11.6 Å². The lowest BCUT2D eigenvalue weighted by Gasteiger charge is -2.13. The number of para-hydroxylation sites is 2. The topological polar surface area (TPSA) is 51.2 Å². The van der Waals surface area contributed by atoms with E-state index in [-0.39, 0.29) is 16.4 Å². The van der Waals surface area contributed by atoms with E-state index in [2.05, 4.69) is 15.0 Å². The summed E-state index contributed by atoms with van der Waals surface area (Å²) in [5.74, 6) is -1.13. The van der Waals surface area contributed by atoms with Gasteiger partial charge in [-0.2, -0.15) is 0 Å². The summed E-state index contributed by atoms with van der Waals surface area (Å²) in [7, 11) is 0. The van der Waals surface area contributed by atoms with E-state index in [1.807, 2.05) is 0 Å². The van der Waals surface area contributed by atoms with Crippen molar-refractivity contribution in [3.05, 3.63) is 53.3 Å². The molecule has 0 radical (unpaired) electrons. The molecule has 0 bridgehead atoms. The molecule has 21 heavy (non-hydrogen) atoms. The molecule has 0 aliphatic rings. The molecule has 0 saturated heterocycles. The molecule has 4 nitrogen and oxygen atoms in total. The smallest absolute Gasteiger partial charge is 0.404 e. The second-order valence-electron chi connectivity index (χ2n) is 3.87. The van der Waals surface area contributed by atoms with Crippen LogP contribution in [0.4, 0.5) is 18.9 Å². The number of amides is 1. The van der Waals surface area contributed by atoms with Crippen molar-refractivity contribution in [3.63, 3.8) is 0 Å². The van der Waals surface area contributed by atoms with Crippen molar-refractivity contribution >= 4 is 23.2 Å². The summed E-state index contributed by atoms with van der Waals surface area (Å²) < 4.78 is 40.7. The monoisotopic (exact) mass is 316 g/mol. The number of carbonyl (C=O) groups is 1. The third kappa shape index (κ3) is 4.35. The van der Waals surface area contributed by atoms with Gasteiger partial charge in [-0.3, -0.25) is 4.79 Å². The second kappa shape index (κ2) is 6.01. The van der Waals surface area contributed by atoms with E-state index in [1.165, 1.54) is 36.5 Å². The maximum Gasteiger partial charge on any atom is 0.573 e. The van der Waals surface area contributed by atoms with Gasteiger partial charge in [0.25, 0.3) is 5.91 Å². The highest BCUT2D eigenvalue weighted by Gasteiger charge is 2.32.